The minimum Gasteiger partial charge on any atom is -0.475 e. The van der Waals surface area contributed by atoms with Gasteiger partial charge in [0.15, 0.2) is 0 Å². The number of aryl methyl sites for hydroxylation is 1. The van der Waals surface area contributed by atoms with Crippen LogP contribution in [0.15, 0.2) is 18.6 Å². The molecule has 1 N–H and O–H groups in total. The molecule has 2 rings (SSSR count). The van der Waals surface area contributed by atoms with Crippen LogP contribution in [0.5, 0.6) is 0 Å². The van der Waals surface area contributed by atoms with Gasteiger partial charge in [-0.15, -0.1) is 5.10 Å². The topological polar surface area (TPSA) is 93.8 Å². The first-order chi connectivity index (χ1) is 8.70. The molecular weight excluding hydrogens is 234 g/mol. The average molecular weight is 247 g/mol. The average Bonchev–Trinajstić information content (AvgIpc) is 2.85. The van der Waals surface area contributed by atoms with Crippen LogP contribution in [-0.4, -0.2) is 36.0 Å². The van der Waals surface area contributed by atoms with E-state index in [-0.39, 0.29) is 5.82 Å². The minimum atomic E-state index is -1.15. The van der Waals surface area contributed by atoms with Crippen molar-refractivity contribution in [2.75, 3.05) is 0 Å². The molecule has 0 aliphatic heterocycles. The smallest absolute Gasteiger partial charge is 0.373 e. The molecule has 0 fully saturated rings. The van der Waals surface area contributed by atoms with Crippen LogP contribution in [0.2, 0.25) is 0 Å². The van der Waals surface area contributed by atoms with Gasteiger partial charge in [-0.05, 0) is 12.8 Å². The number of hydrogen-bond donors (Lipinski definition) is 1. The molecule has 0 saturated carbocycles. The zero-order chi connectivity index (χ0) is 13.0. The van der Waals surface area contributed by atoms with Gasteiger partial charge in [-0.25, -0.2) is 19.4 Å². The van der Waals surface area contributed by atoms with Gasteiger partial charge in [-0.2, -0.15) is 0 Å². The lowest BCUT2D eigenvalue weighted by atomic mass is 10.2. The predicted molar refractivity (Wildman–Crippen MR) is 62.5 cm³/mol. The van der Waals surface area contributed by atoms with Gasteiger partial charge in [0, 0.05) is 0 Å². The molecule has 0 aliphatic carbocycles. The molecule has 2 aromatic rings. The lowest BCUT2D eigenvalue weighted by molar-refractivity contribution is 0.0683. The normalized spacial score (nSPS) is 10.5. The Hall–Kier alpha value is -2.31. The summed E-state index contributed by atoms with van der Waals surface area (Å²) in [4.78, 5) is 18.1. The zero-order valence-electron chi connectivity index (χ0n) is 9.94. The highest BCUT2D eigenvalue weighted by Gasteiger charge is 2.07. The Morgan fingerprint density at radius 3 is 2.72 bits per heavy atom. The van der Waals surface area contributed by atoms with Gasteiger partial charge in [0.2, 0.25) is 5.82 Å². The SMILES string of the molecule is CCCCc1cn(-c2cnc(C(=O)O)nc2)nn1. The minimum absolute atomic E-state index is 0.231. The van der Waals surface area contributed by atoms with Crippen LogP contribution in [0, 0.1) is 0 Å². The summed E-state index contributed by atoms with van der Waals surface area (Å²) in [6.45, 7) is 2.11. The Bertz CT molecular complexity index is 535. The summed E-state index contributed by atoms with van der Waals surface area (Å²) in [5, 5.41) is 16.7. The Kier molecular flexibility index (Phi) is 3.61. The van der Waals surface area contributed by atoms with Crippen LogP contribution in [0.1, 0.15) is 36.1 Å². The number of hydrogen-bond acceptors (Lipinski definition) is 5. The van der Waals surface area contributed by atoms with Crippen molar-refractivity contribution in [2.45, 2.75) is 26.2 Å². The van der Waals surface area contributed by atoms with E-state index in [0.29, 0.717) is 5.69 Å². The highest BCUT2D eigenvalue weighted by Crippen LogP contribution is 2.06. The van der Waals surface area contributed by atoms with E-state index in [1.807, 2.05) is 0 Å². The van der Waals surface area contributed by atoms with Crippen molar-refractivity contribution < 1.29 is 9.90 Å². The molecule has 18 heavy (non-hydrogen) atoms. The van der Waals surface area contributed by atoms with E-state index in [1.165, 1.54) is 17.1 Å². The van der Waals surface area contributed by atoms with Crippen LogP contribution in [0.3, 0.4) is 0 Å². The molecule has 0 radical (unpaired) electrons. The molecule has 0 saturated heterocycles. The number of aromatic nitrogens is 5. The highest BCUT2D eigenvalue weighted by atomic mass is 16.4. The fraction of sp³-hybridized carbons (Fsp3) is 0.364. The first-order valence-electron chi connectivity index (χ1n) is 5.67. The second-order valence-electron chi connectivity index (χ2n) is 3.83. The molecule has 0 amide bonds. The first-order valence-corrected chi connectivity index (χ1v) is 5.67. The molecule has 0 aliphatic rings. The number of carboxylic acids is 1. The Balaban J connectivity index is 2.15. The largest absolute Gasteiger partial charge is 0.475 e. The Morgan fingerprint density at radius 2 is 2.11 bits per heavy atom. The summed E-state index contributed by atoms with van der Waals surface area (Å²) < 4.78 is 1.54. The van der Waals surface area contributed by atoms with Gasteiger partial charge in [0.05, 0.1) is 24.3 Å². The van der Waals surface area contributed by atoms with Crippen molar-refractivity contribution in [2.24, 2.45) is 0 Å². The Labute approximate surface area is 104 Å². The van der Waals surface area contributed by atoms with Crippen LogP contribution < -0.4 is 0 Å². The standard InChI is InChI=1S/C11H13N5O2/c1-2-3-4-8-7-16(15-14-8)9-5-12-10(11(17)18)13-6-9/h5-7H,2-4H2,1H3,(H,17,18). The van der Waals surface area contributed by atoms with Gasteiger partial charge in [-0.1, -0.05) is 18.6 Å². The maximum Gasteiger partial charge on any atom is 0.373 e. The van der Waals surface area contributed by atoms with Crippen molar-refractivity contribution in [3.8, 4) is 5.69 Å². The molecule has 7 heteroatoms. The molecule has 0 spiro atoms. The molecule has 2 heterocycles. The Morgan fingerprint density at radius 1 is 1.39 bits per heavy atom. The maximum absolute atomic E-state index is 10.6. The summed E-state index contributed by atoms with van der Waals surface area (Å²) in [5.74, 6) is -1.38. The molecule has 2 aromatic heterocycles. The van der Waals surface area contributed by atoms with E-state index in [4.69, 9.17) is 5.11 Å². The fourth-order valence-electron chi connectivity index (χ4n) is 1.45. The highest BCUT2D eigenvalue weighted by molar-refractivity contribution is 5.82. The summed E-state index contributed by atoms with van der Waals surface area (Å²) in [6.07, 6.45) is 7.67. The van der Waals surface area contributed by atoms with Crippen LogP contribution in [0.4, 0.5) is 0 Å². The van der Waals surface area contributed by atoms with Crippen LogP contribution in [0.25, 0.3) is 5.69 Å². The zero-order valence-corrected chi connectivity index (χ0v) is 9.94. The maximum atomic E-state index is 10.6. The summed E-state index contributed by atoms with van der Waals surface area (Å²) >= 11 is 0. The van der Waals surface area contributed by atoms with E-state index in [2.05, 4.69) is 27.2 Å². The first kappa shape index (κ1) is 12.2. The van der Waals surface area contributed by atoms with Crippen molar-refractivity contribution in [1.82, 2.24) is 25.0 Å². The van der Waals surface area contributed by atoms with E-state index in [9.17, 15) is 4.79 Å². The molecule has 94 valence electrons. The molecule has 0 aromatic carbocycles. The van der Waals surface area contributed by atoms with Crippen LogP contribution in [-0.2, 0) is 6.42 Å². The molecule has 0 atom stereocenters. The van der Waals surface area contributed by atoms with E-state index in [1.54, 1.807) is 6.20 Å². The number of rotatable bonds is 5. The third-order valence-electron chi connectivity index (χ3n) is 2.42. The van der Waals surface area contributed by atoms with Gasteiger partial charge in [-0.3, -0.25) is 0 Å². The van der Waals surface area contributed by atoms with Crippen molar-refractivity contribution in [3.63, 3.8) is 0 Å². The fourth-order valence-corrected chi connectivity index (χ4v) is 1.45. The van der Waals surface area contributed by atoms with Gasteiger partial charge >= 0.3 is 5.97 Å². The number of nitrogens with zero attached hydrogens (tertiary/aromatic N) is 5. The number of carboxylic acid groups (broad SMARTS) is 1. The molecule has 7 nitrogen and oxygen atoms in total. The summed E-state index contributed by atoms with van der Waals surface area (Å²) in [5.41, 5.74) is 1.49. The quantitative estimate of drug-likeness (QED) is 0.850. The van der Waals surface area contributed by atoms with Crippen LogP contribution >= 0.6 is 0 Å². The van der Waals surface area contributed by atoms with Crippen molar-refractivity contribution in [3.05, 3.63) is 30.1 Å². The lowest BCUT2D eigenvalue weighted by Crippen LogP contribution is -2.05. The number of carbonyl (C=O) groups is 1. The third-order valence-corrected chi connectivity index (χ3v) is 2.42. The van der Waals surface area contributed by atoms with E-state index in [0.717, 1.165) is 25.0 Å². The predicted octanol–water partition coefficient (Wildman–Crippen LogP) is 1.10. The number of aromatic carboxylic acids is 1. The van der Waals surface area contributed by atoms with Crippen molar-refractivity contribution in [1.29, 1.82) is 0 Å². The molecule has 0 unspecified atom stereocenters. The summed E-state index contributed by atoms with van der Waals surface area (Å²) in [7, 11) is 0. The monoisotopic (exact) mass is 247 g/mol. The molecular formula is C11H13N5O2. The second kappa shape index (κ2) is 5.35. The number of unbranched alkanes of at least 4 members (excludes halogenated alkanes) is 1. The van der Waals surface area contributed by atoms with Gasteiger partial charge in [0.25, 0.3) is 0 Å². The van der Waals surface area contributed by atoms with E-state index >= 15 is 0 Å². The van der Waals surface area contributed by atoms with Gasteiger partial charge in [0.1, 0.15) is 5.69 Å². The summed E-state index contributed by atoms with van der Waals surface area (Å²) in [6, 6.07) is 0. The third kappa shape index (κ3) is 2.68. The van der Waals surface area contributed by atoms with E-state index < -0.39 is 5.97 Å². The van der Waals surface area contributed by atoms with Gasteiger partial charge < -0.3 is 5.11 Å². The second-order valence-corrected chi connectivity index (χ2v) is 3.83. The molecule has 0 bridgehead atoms. The van der Waals surface area contributed by atoms with Crippen molar-refractivity contribution >= 4 is 5.97 Å². The lowest BCUT2D eigenvalue weighted by Gasteiger charge is -1.98.